The average Bonchev–Trinajstić information content (AvgIpc) is 2.86. The summed E-state index contributed by atoms with van der Waals surface area (Å²) in [6.45, 7) is 0. The molecule has 0 aliphatic heterocycles. The molecule has 2 rings (SSSR count). The summed E-state index contributed by atoms with van der Waals surface area (Å²) in [6.07, 6.45) is 2.12. The highest BCUT2D eigenvalue weighted by molar-refractivity contribution is 7.95. The summed E-state index contributed by atoms with van der Waals surface area (Å²) in [6, 6.07) is 9.90. The van der Waals surface area contributed by atoms with Crippen molar-refractivity contribution in [3.63, 3.8) is 0 Å². The minimum absolute atomic E-state index is 0.239. The summed E-state index contributed by atoms with van der Waals surface area (Å²) >= 11 is 12.0. The molecule has 0 fully saturated rings. The zero-order valence-corrected chi connectivity index (χ0v) is 13.1. The molecule has 0 N–H and O–H groups in total. The molecule has 1 heterocycles. The molecule has 21 heavy (non-hydrogen) atoms. The molecule has 0 aliphatic carbocycles. The van der Waals surface area contributed by atoms with Crippen LogP contribution in [0.25, 0.3) is 17.4 Å². The van der Waals surface area contributed by atoms with E-state index in [0.717, 1.165) is 12.3 Å². The molecule has 108 valence electrons. The average molecular weight is 342 g/mol. The second-order valence-electron chi connectivity index (χ2n) is 4.20. The first-order valence-electron chi connectivity index (χ1n) is 5.69. The minimum atomic E-state index is -3.59. The fourth-order valence-electron chi connectivity index (χ4n) is 1.62. The van der Waals surface area contributed by atoms with E-state index in [9.17, 15) is 8.42 Å². The van der Waals surface area contributed by atoms with Gasteiger partial charge in [-0.3, -0.25) is 0 Å². The van der Waals surface area contributed by atoms with Crippen LogP contribution >= 0.6 is 23.2 Å². The fraction of sp³-hybridized carbons (Fsp3) is 0.0714. The predicted octanol–water partition coefficient (Wildman–Crippen LogP) is 4.16. The van der Waals surface area contributed by atoms with Gasteiger partial charge in [0.2, 0.25) is 0 Å². The summed E-state index contributed by atoms with van der Waals surface area (Å²) in [4.78, 5) is -0.374. The Bertz CT molecular complexity index is 861. The van der Waals surface area contributed by atoms with E-state index in [1.165, 1.54) is 0 Å². The van der Waals surface area contributed by atoms with E-state index < -0.39 is 9.84 Å². The molecule has 0 amide bonds. The molecule has 7 heteroatoms. The quantitative estimate of drug-likeness (QED) is 0.785. The van der Waals surface area contributed by atoms with Crippen LogP contribution < -0.4 is 0 Å². The molecule has 0 unspecified atom stereocenters. The summed E-state index contributed by atoms with van der Waals surface area (Å²) in [5, 5.41) is 9.58. The molecule has 0 radical (unpaired) electrons. The number of allylic oxidation sites excluding steroid dienone is 1. The van der Waals surface area contributed by atoms with Crippen molar-refractivity contribution in [3.05, 3.63) is 51.0 Å². The van der Waals surface area contributed by atoms with Gasteiger partial charge in [0, 0.05) is 17.9 Å². The first kappa shape index (κ1) is 15.6. The highest BCUT2D eigenvalue weighted by Gasteiger charge is 2.14. The number of rotatable bonds is 3. The van der Waals surface area contributed by atoms with Crippen molar-refractivity contribution in [2.45, 2.75) is 0 Å². The molecule has 0 atom stereocenters. The highest BCUT2D eigenvalue weighted by Crippen LogP contribution is 2.34. The number of furan rings is 1. The fourth-order valence-corrected chi connectivity index (χ4v) is 2.51. The first-order chi connectivity index (χ1) is 9.82. The van der Waals surface area contributed by atoms with Crippen molar-refractivity contribution >= 4 is 39.1 Å². The first-order valence-corrected chi connectivity index (χ1v) is 8.33. The lowest BCUT2D eigenvalue weighted by atomic mass is 10.2. The van der Waals surface area contributed by atoms with Gasteiger partial charge in [-0.2, -0.15) is 5.26 Å². The maximum atomic E-state index is 11.4. The molecule has 0 saturated heterocycles. The van der Waals surface area contributed by atoms with E-state index in [0.29, 0.717) is 21.4 Å². The second kappa shape index (κ2) is 5.94. The molecule has 0 spiro atoms. The molecule has 4 nitrogen and oxygen atoms in total. The minimum Gasteiger partial charge on any atom is -0.457 e. The standard InChI is InChI=1S/C14H9Cl2NO3S/c1-21(18,19)10(8-17)7-9-5-6-13(20-9)11-3-2-4-12(15)14(11)16/h2-7H,1H3. The van der Waals surface area contributed by atoms with Crippen molar-refractivity contribution in [2.75, 3.05) is 6.26 Å². The van der Waals surface area contributed by atoms with E-state index in [1.807, 2.05) is 0 Å². The van der Waals surface area contributed by atoms with Crippen LogP contribution in [0.4, 0.5) is 0 Å². The van der Waals surface area contributed by atoms with Crippen LogP contribution in [0, 0.1) is 11.3 Å². The van der Waals surface area contributed by atoms with Gasteiger partial charge in [-0.25, -0.2) is 8.42 Å². The number of halogens is 2. The molecule has 0 aliphatic rings. The van der Waals surface area contributed by atoms with Crippen LogP contribution in [-0.4, -0.2) is 14.7 Å². The van der Waals surface area contributed by atoms with Gasteiger partial charge < -0.3 is 4.42 Å². The monoisotopic (exact) mass is 341 g/mol. The van der Waals surface area contributed by atoms with Crippen LogP contribution in [0.2, 0.25) is 10.0 Å². The van der Waals surface area contributed by atoms with Crippen molar-refractivity contribution < 1.29 is 12.8 Å². The number of nitrogens with zero attached hydrogens (tertiary/aromatic N) is 1. The predicted molar refractivity (Wildman–Crippen MR) is 82.6 cm³/mol. The molecular weight excluding hydrogens is 333 g/mol. The van der Waals surface area contributed by atoms with E-state index in [1.54, 1.807) is 36.4 Å². The number of benzene rings is 1. The van der Waals surface area contributed by atoms with E-state index >= 15 is 0 Å². The number of nitriles is 1. The van der Waals surface area contributed by atoms with E-state index in [2.05, 4.69) is 0 Å². The molecule has 1 aromatic carbocycles. The van der Waals surface area contributed by atoms with Gasteiger partial charge in [-0.1, -0.05) is 29.3 Å². The maximum Gasteiger partial charge on any atom is 0.185 e. The topological polar surface area (TPSA) is 71.1 Å². The molecule has 0 saturated carbocycles. The van der Waals surface area contributed by atoms with Crippen LogP contribution in [0.15, 0.2) is 39.7 Å². The largest absolute Gasteiger partial charge is 0.457 e. The van der Waals surface area contributed by atoms with Crippen LogP contribution in [0.5, 0.6) is 0 Å². The third kappa shape index (κ3) is 3.48. The smallest absolute Gasteiger partial charge is 0.185 e. The van der Waals surface area contributed by atoms with Gasteiger partial charge in [-0.05, 0) is 24.3 Å². The summed E-state index contributed by atoms with van der Waals surface area (Å²) in [5.74, 6) is 0.669. The lowest BCUT2D eigenvalue weighted by Gasteiger charge is -2.02. The number of hydrogen-bond donors (Lipinski definition) is 0. The molecule has 0 bridgehead atoms. The van der Waals surface area contributed by atoms with Crippen molar-refractivity contribution in [2.24, 2.45) is 0 Å². The summed E-state index contributed by atoms with van der Waals surface area (Å²) in [5.41, 5.74) is 0.585. The third-order valence-electron chi connectivity index (χ3n) is 2.63. The Hall–Kier alpha value is -1.74. The lowest BCUT2D eigenvalue weighted by Crippen LogP contribution is -1.97. The van der Waals surface area contributed by atoms with Gasteiger partial charge >= 0.3 is 0 Å². The maximum absolute atomic E-state index is 11.4. The zero-order valence-electron chi connectivity index (χ0n) is 10.8. The Balaban J connectivity index is 2.46. The summed E-state index contributed by atoms with van der Waals surface area (Å²) in [7, 11) is -3.59. The van der Waals surface area contributed by atoms with Gasteiger partial charge in [-0.15, -0.1) is 0 Å². The Labute approximate surface area is 132 Å². The Morgan fingerprint density at radius 1 is 1.29 bits per heavy atom. The molecule has 1 aromatic heterocycles. The van der Waals surface area contributed by atoms with Crippen LogP contribution in [-0.2, 0) is 9.84 Å². The van der Waals surface area contributed by atoms with Crippen molar-refractivity contribution in [1.82, 2.24) is 0 Å². The number of sulfone groups is 1. The van der Waals surface area contributed by atoms with Gasteiger partial charge in [0.15, 0.2) is 9.84 Å². The van der Waals surface area contributed by atoms with Crippen molar-refractivity contribution in [1.29, 1.82) is 5.26 Å². The lowest BCUT2D eigenvalue weighted by molar-refractivity contribution is 0.571. The Kier molecular flexibility index (Phi) is 4.43. The van der Waals surface area contributed by atoms with E-state index in [4.69, 9.17) is 32.9 Å². The third-order valence-corrected chi connectivity index (χ3v) is 4.45. The number of hydrogen-bond acceptors (Lipinski definition) is 4. The second-order valence-corrected chi connectivity index (χ2v) is 6.97. The normalized spacial score (nSPS) is 12.2. The Morgan fingerprint density at radius 3 is 2.62 bits per heavy atom. The Morgan fingerprint density at radius 2 is 2.00 bits per heavy atom. The van der Waals surface area contributed by atoms with Gasteiger partial charge in [0.05, 0.1) is 10.0 Å². The highest BCUT2D eigenvalue weighted by atomic mass is 35.5. The van der Waals surface area contributed by atoms with Crippen LogP contribution in [0.3, 0.4) is 0 Å². The molecular formula is C14H9Cl2NO3S. The van der Waals surface area contributed by atoms with Crippen molar-refractivity contribution in [3.8, 4) is 17.4 Å². The zero-order chi connectivity index (χ0) is 15.6. The van der Waals surface area contributed by atoms with E-state index in [-0.39, 0.29) is 10.7 Å². The van der Waals surface area contributed by atoms with Crippen LogP contribution in [0.1, 0.15) is 5.76 Å². The SMILES string of the molecule is CS(=O)(=O)C(C#N)=Cc1ccc(-c2cccc(Cl)c2Cl)o1. The van der Waals surface area contributed by atoms with Gasteiger partial charge in [0.1, 0.15) is 22.5 Å². The summed E-state index contributed by atoms with van der Waals surface area (Å²) < 4.78 is 28.2. The van der Waals surface area contributed by atoms with Gasteiger partial charge in [0.25, 0.3) is 0 Å². The molecule has 2 aromatic rings.